The zero-order valence-corrected chi connectivity index (χ0v) is 36.3. The van der Waals surface area contributed by atoms with Crippen LogP contribution in [0.5, 0.6) is 0 Å². The Balaban J connectivity index is 0.00000126. The van der Waals surface area contributed by atoms with Crippen molar-refractivity contribution in [1.29, 1.82) is 0 Å². The van der Waals surface area contributed by atoms with Crippen LogP contribution in [0.3, 0.4) is 0 Å². The van der Waals surface area contributed by atoms with E-state index < -0.39 is 65.8 Å². The number of nitrogens with two attached hydrogens (primary N) is 2. The Kier molecular flexibility index (Phi) is 17.8. The summed E-state index contributed by atoms with van der Waals surface area (Å²) in [6.45, 7) is 6.65. The molecule has 18 heteroatoms. The monoisotopic (exact) mass is 909 g/mol. The Labute approximate surface area is 378 Å². The fourth-order valence-electron chi connectivity index (χ4n) is 6.43. The van der Waals surface area contributed by atoms with Gasteiger partial charge in [-0.05, 0) is 60.7 Å². The molecule has 6 amide bonds. The van der Waals surface area contributed by atoms with Crippen LogP contribution in [0.1, 0.15) is 54.0 Å². The van der Waals surface area contributed by atoms with Gasteiger partial charge in [0.05, 0.1) is 6.04 Å². The second-order valence-corrected chi connectivity index (χ2v) is 15.3. The first-order valence-electron chi connectivity index (χ1n) is 20.5. The molecule has 0 bridgehead atoms. The summed E-state index contributed by atoms with van der Waals surface area (Å²) < 4.78 is 31.7. The van der Waals surface area contributed by atoms with Crippen LogP contribution >= 0.6 is 0 Å². The summed E-state index contributed by atoms with van der Waals surface area (Å²) in [5.74, 6) is -6.34. The lowest BCUT2D eigenvalue weighted by Crippen LogP contribution is -2.55. The number of carbonyl (C=O) groups excluding carboxylic acids is 6. The smallest absolute Gasteiger partial charge is 0.475 e. The fraction of sp³-hybridized carbons (Fsp3) is 0.229. The zero-order valence-electron chi connectivity index (χ0n) is 36.3. The molecular weight excluding hydrogens is 860 g/mol. The molecule has 0 heterocycles. The number of aliphatic carboxylic acids is 1. The highest BCUT2D eigenvalue weighted by Crippen LogP contribution is 2.34. The second-order valence-electron chi connectivity index (χ2n) is 15.3. The fourth-order valence-corrected chi connectivity index (χ4v) is 6.43. The third-order valence-electron chi connectivity index (χ3n) is 9.87. The van der Waals surface area contributed by atoms with Crippen LogP contribution in [0.15, 0.2) is 127 Å². The third kappa shape index (κ3) is 14.1. The standard InChI is InChI=1S/C46H49N7O6.C2HF3O2/c1-27(2)40(41(48)54)53-46(59)39(26-30-16-6-5-7-17-30)52-45(58)36-23-11-9-19-32(36)31-18-8-10-22-35(31)44(57)49-29(4)43(56)51-38-25-15-13-21-34(38)33-20-12-14-24-37(33)50-42(55)28(3)47;3-2(4,5)1(6)7/h5-25,27-29,39-40H,26,47H2,1-4H3,(H2,48,54)(H,49,57)(H,50,55)(H,51,56)(H,52,58)(H,53,59);(H,6,7)/t28-,29-,39-,40-;/m0./s1. The molecule has 0 saturated heterocycles. The quantitative estimate of drug-likeness (QED) is 0.0607. The van der Waals surface area contributed by atoms with E-state index in [0.29, 0.717) is 33.6 Å². The lowest BCUT2D eigenvalue weighted by Gasteiger charge is -2.24. The summed E-state index contributed by atoms with van der Waals surface area (Å²) in [6, 6.07) is 32.9. The van der Waals surface area contributed by atoms with Crippen molar-refractivity contribution in [2.24, 2.45) is 17.4 Å². The molecule has 66 heavy (non-hydrogen) atoms. The number of benzene rings is 5. The van der Waals surface area contributed by atoms with Gasteiger partial charge in [0.1, 0.15) is 18.1 Å². The number of primary amides is 1. The summed E-state index contributed by atoms with van der Waals surface area (Å²) in [7, 11) is 0. The minimum atomic E-state index is -5.08. The van der Waals surface area contributed by atoms with Gasteiger partial charge in [-0.1, -0.05) is 117 Å². The van der Waals surface area contributed by atoms with E-state index in [1.807, 2.05) is 42.5 Å². The van der Waals surface area contributed by atoms with E-state index >= 15 is 0 Å². The largest absolute Gasteiger partial charge is 0.490 e. The van der Waals surface area contributed by atoms with Crippen molar-refractivity contribution in [3.05, 3.63) is 144 Å². The first-order chi connectivity index (χ1) is 31.2. The molecular formula is C48H50F3N7O8. The van der Waals surface area contributed by atoms with E-state index in [-0.39, 0.29) is 29.4 Å². The number of nitrogens with one attached hydrogen (secondary N) is 5. The molecule has 0 spiro atoms. The van der Waals surface area contributed by atoms with Crippen molar-refractivity contribution in [3.8, 4) is 22.3 Å². The zero-order chi connectivity index (χ0) is 48.7. The SMILES string of the molecule is CC(C)[C@H](NC(=O)[C@H](Cc1ccccc1)NC(=O)c1ccccc1-c1ccccc1C(=O)N[C@@H](C)C(=O)Nc1ccccc1-c1ccccc1NC(=O)[C@H](C)N)C(N)=O.O=C(O)C(F)(F)F. The topological polar surface area (TPSA) is 252 Å². The molecule has 0 fully saturated rings. The van der Waals surface area contributed by atoms with E-state index in [1.165, 1.54) is 0 Å². The summed E-state index contributed by atoms with van der Waals surface area (Å²) in [6.07, 6.45) is -4.95. The summed E-state index contributed by atoms with van der Waals surface area (Å²) in [5, 5.41) is 21.2. The number of carboxylic acids is 1. The molecule has 0 aliphatic carbocycles. The first kappa shape index (κ1) is 50.8. The molecule has 0 aromatic heterocycles. The van der Waals surface area contributed by atoms with Gasteiger partial charge in [-0.3, -0.25) is 28.8 Å². The van der Waals surface area contributed by atoms with Gasteiger partial charge in [0.15, 0.2) is 0 Å². The lowest BCUT2D eigenvalue weighted by atomic mass is 9.94. The normalized spacial score (nSPS) is 12.7. The molecule has 10 N–H and O–H groups in total. The Morgan fingerprint density at radius 1 is 0.561 bits per heavy atom. The number of carboxylic acid groups (broad SMARTS) is 1. The van der Waals surface area contributed by atoms with Crippen LogP contribution in [-0.4, -0.2) is 76.9 Å². The van der Waals surface area contributed by atoms with Crippen molar-refractivity contribution >= 4 is 52.8 Å². The Morgan fingerprint density at radius 3 is 1.41 bits per heavy atom. The number of anilines is 2. The Hall–Kier alpha value is -7.86. The molecule has 0 unspecified atom stereocenters. The van der Waals surface area contributed by atoms with E-state index in [4.69, 9.17) is 21.4 Å². The molecule has 4 atom stereocenters. The van der Waals surface area contributed by atoms with Gasteiger partial charge in [0.25, 0.3) is 11.8 Å². The molecule has 5 rings (SSSR count). The van der Waals surface area contributed by atoms with E-state index in [1.54, 1.807) is 113 Å². The predicted molar refractivity (Wildman–Crippen MR) is 243 cm³/mol. The Bertz CT molecular complexity index is 2550. The maximum atomic E-state index is 14.1. The van der Waals surface area contributed by atoms with Crippen molar-refractivity contribution in [2.45, 2.75) is 64.5 Å². The number of rotatable bonds is 16. The van der Waals surface area contributed by atoms with Crippen molar-refractivity contribution in [1.82, 2.24) is 16.0 Å². The summed E-state index contributed by atoms with van der Waals surface area (Å²) in [5.41, 5.74) is 15.6. The lowest BCUT2D eigenvalue weighted by molar-refractivity contribution is -0.192. The van der Waals surface area contributed by atoms with Gasteiger partial charge in [-0.2, -0.15) is 13.2 Å². The average Bonchev–Trinajstić information content (AvgIpc) is 3.28. The van der Waals surface area contributed by atoms with Gasteiger partial charge in [0, 0.05) is 40.0 Å². The number of amides is 6. The molecule has 15 nitrogen and oxygen atoms in total. The predicted octanol–water partition coefficient (Wildman–Crippen LogP) is 5.66. The number of para-hydroxylation sites is 2. The average molecular weight is 910 g/mol. The van der Waals surface area contributed by atoms with Crippen LogP contribution in [-0.2, 0) is 30.4 Å². The second kappa shape index (κ2) is 23.2. The Morgan fingerprint density at radius 2 is 0.970 bits per heavy atom. The van der Waals surface area contributed by atoms with Gasteiger partial charge < -0.3 is 43.2 Å². The number of halogens is 3. The van der Waals surface area contributed by atoms with Crippen LogP contribution in [0.4, 0.5) is 24.5 Å². The first-order valence-corrected chi connectivity index (χ1v) is 20.5. The molecule has 0 saturated carbocycles. The van der Waals surface area contributed by atoms with Gasteiger partial charge in [-0.25, -0.2) is 4.79 Å². The molecule has 0 aliphatic rings. The van der Waals surface area contributed by atoms with Gasteiger partial charge >= 0.3 is 12.1 Å². The van der Waals surface area contributed by atoms with E-state index in [9.17, 15) is 41.9 Å². The molecule has 0 radical (unpaired) electrons. The minimum Gasteiger partial charge on any atom is -0.475 e. The van der Waals surface area contributed by atoms with Crippen molar-refractivity contribution in [2.75, 3.05) is 10.6 Å². The van der Waals surface area contributed by atoms with Crippen LogP contribution in [0, 0.1) is 5.92 Å². The minimum absolute atomic E-state index is 0.129. The van der Waals surface area contributed by atoms with E-state index in [0.717, 1.165) is 5.56 Å². The van der Waals surface area contributed by atoms with Crippen molar-refractivity contribution < 1.29 is 51.8 Å². The number of alkyl halides is 3. The van der Waals surface area contributed by atoms with Crippen LogP contribution in [0.2, 0.25) is 0 Å². The molecule has 5 aromatic rings. The van der Waals surface area contributed by atoms with Gasteiger partial charge in [0.2, 0.25) is 23.6 Å². The van der Waals surface area contributed by atoms with Crippen LogP contribution < -0.4 is 38.1 Å². The maximum absolute atomic E-state index is 14.1. The molecule has 5 aromatic carbocycles. The number of carbonyl (C=O) groups is 7. The number of hydrogen-bond donors (Lipinski definition) is 8. The highest BCUT2D eigenvalue weighted by molar-refractivity contribution is 6.09. The highest BCUT2D eigenvalue weighted by Gasteiger charge is 2.38. The molecule has 0 aliphatic heterocycles. The number of hydrogen-bond acceptors (Lipinski definition) is 8. The van der Waals surface area contributed by atoms with E-state index in [2.05, 4.69) is 26.6 Å². The van der Waals surface area contributed by atoms with Crippen molar-refractivity contribution in [3.63, 3.8) is 0 Å². The van der Waals surface area contributed by atoms with Crippen LogP contribution in [0.25, 0.3) is 22.3 Å². The van der Waals surface area contributed by atoms with Gasteiger partial charge in [-0.15, -0.1) is 0 Å². The third-order valence-corrected chi connectivity index (χ3v) is 9.87. The highest BCUT2D eigenvalue weighted by atomic mass is 19.4. The molecule has 346 valence electrons. The summed E-state index contributed by atoms with van der Waals surface area (Å²) in [4.78, 5) is 88.8. The maximum Gasteiger partial charge on any atom is 0.490 e. The summed E-state index contributed by atoms with van der Waals surface area (Å²) >= 11 is 0.